The van der Waals surface area contributed by atoms with Gasteiger partial charge in [-0.25, -0.2) is 14.4 Å². The van der Waals surface area contributed by atoms with Crippen LogP contribution in [-0.4, -0.2) is 38.2 Å². The van der Waals surface area contributed by atoms with Gasteiger partial charge in [-0.2, -0.15) is 0 Å². The van der Waals surface area contributed by atoms with E-state index in [0.29, 0.717) is 0 Å². The van der Waals surface area contributed by atoms with E-state index in [4.69, 9.17) is 20.1 Å². The van der Waals surface area contributed by atoms with Crippen LogP contribution in [0.1, 0.15) is 31.1 Å². The van der Waals surface area contributed by atoms with Crippen LogP contribution in [0.4, 0.5) is 0 Å². The number of carbonyl (C=O) groups is 3. The number of nitrogens with zero attached hydrogens (tertiary/aromatic N) is 1. The average Bonchev–Trinajstić information content (AvgIpc) is 2.47. The van der Waals surface area contributed by atoms with Gasteiger partial charge >= 0.3 is 17.9 Å². The van der Waals surface area contributed by atoms with Crippen LogP contribution in [0.25, 0.3) is 0 Å². The quantitative estimate of drug-likeness (QED) is 0.763. The number of ether oxygens (including phenoxy) is 1. The van der Waals surface area contributed by atoms with Crippen molar-refractivity contribution in [2.24, 2.45) is 0 Å². The van der Waals surface area contributed by atoms with E-state index in [2.05, 4.69) is 4.98 Å². The van der Waals surface area contributed by atoms with Crippen molar-refractivity contribution in [2.45, 2.75) is 0 Å². The van der Waals surface area contributed by atoms with Crippen molar-refractivity contribution >= 4 is 17.9 Å². The number of carboxylic acids is 3. The third kappa shape index (κ3) is 3.18. The van der Waals surface area contributed by atoms with Crippen molar-refractivity contribution in [3.8, 4) is 11.5 Å². The van der Waals surface area contributed by atoms with Gasteiger partial charge in [-0.05, 0) is 24.3 Å². The Labute approximate surface area is 123 Å². The first kappa shape index (κ1) is 15.0. The van der Waals surface area contributed by atoms with E-state index in [9.17, 15) is 14.4 Å². The summed E-state index contributed by atoms with van der Waals surface area (Å²) in [6.45, 7) is 0. The number of pyridine rings is 1. The Morgan fingerprint density at radius 3 is 2.09 bits per heavy atom. The van der Waals surface area contributed by atoms with Crippen molar-refractivity contribution < 1.29 is 34.4 Å². The molecule has 0 saturated heterocycles. The second kappa shape index (κ2) is 5.92. The summed E-state index contributed by atoms with van der Waals surface area (Å²) in [4.78, 5) is 36.5. The van der Waals surface area contributed by atoms with Crippen LogP contribution in [0.2, 0.25) is 0 Å². The van der Waals surface area contributed by atoms with Crippen LogP contribution >= 0.6 is 0 Å². The Kier molecular flexibility index (Phi) is 4.03. The van der Waals surface area contributed by atoms with Gasteiger partial charge in [-0.15, -0.1) is 0 Å². The lowest BCUT2D eigenvalue weighted by molar-refractivity contribution is 0.0651. The molecule has 8 nitrogen and oxygen atoms in total. The standard InChI is InChI=1S/C14H9NO7/c16-12(17)7-3-9(6-15-5-7)22-8-1-2-10(13(18)19)11(4-8)14(20)21/h1-6H,(H,16,17)(H,18,19)(H,20,21). The maximum atomic E-state index is 11.1. The first-order valence-electron chi connectivity index (χ1n) is 5.85. The minimum absolute atomic E-state index is 0.0479. The highest BCUT2D eigenvalue weighted by Gasteiger charge is 2.17. The Balaban J connectivity index is 2.36. The van der Waals surface area contributed by atoms with Gasteiger partial charge in [-0.1, -0.05) is 0 Å². The molecule has 2 rings (SSSR count). The predicted octanol–water partition coefficient (Wildman–Crippen LogP) is 1.97. The number of rotatable bonds is 5. The second-order valence-electron chi connectivity index (χ2n) is 4.13. The Morgan fingerprint density at radius 1 is 0.818 bits per heavy atom. The average molecular weight is 303 g/mol. The normalized spacial score (nSPS) is 10.0. The summed E-state index contributed by atoms with van der Waals surface area (Å²) in [6, 6.07) is 4.61. The third-order valence-electron chi connectivity index (χ3n) is 2.65. The molecular weight excluding hydrogens is 294 g/mol. The minimum Gasteiger partial charge on any atom is -0.478 e. The van der Waals surface area contributed by atoms with Gasteiger partial charge in [0.25, 0.3) is 0 Å². The van der Waals surface area contributed by atoms with Gasteiger partial charge in [-0.3, -0.25) is 4.98 Å². The first-order chi connectivity index (χ1) is 10.4. The Bertz CT molecular complexity index is 770. The molecule has 0 aliphatic carbocycles. The number of aromatic carboxylic acids is 3. The Morgan fingerprint density at radius 2 is 1.50 bits per heavy atom. The van der Waals surface area contributed by atoms with E-state index in [1.54, 1.807) is 0 Å². The van der Waals surface area contributed by atoms with E-state index in [1.165, 1.54) is 18.3 Å². The molecule has 22 heavy (non-hydrogen) atoms. The van der Waals surface area contributed by atoms with Crippen molar-refractivity contribution in [3.63, 3.8) is 0 Å². The summed E-state index contributed by atoms with van der Waals surface area (Å²) in [6.07, 6.45) is 2.38. The molecule has 0 radical (unpaired) electrons. The zero-order valence-corrected chi connectivity index (χ0v) is 10.9. The molecule has 0 unspecified atom stereocenters. The lowest BCUT2D eigenvalue weighted by Gasteiger charge is -2.08. The molecule has 0 amide bonds. The largest absolute Gasteiger partial charge is 0.478 e. The molecule has 1 heterocycles. The van der Waals surface area contributed by atoms with Crippen molar-refractivity contribution in [1.82, 2.24) is 4.98 Å². The fourth-order valence-electron chi connectivity index (χ4n) is 1.68. The summed E-state index contributed by atoms with van der Waals surface area (Å²) >= 11 is 0. The number of carboxylic acid groups (broad SMARTS) is 3. The first-order valence-corrected chi connectivity index (χ1v) is 5.85. The lowest BCUT2D eigenvalue weighted by atomic mass is 10.1. The van der Waals surface area contributed by atoms with Gasteiger partial charge in [0.2, 0.25) is 0 Å². The number of hydrogen-bond donors (Lipinski definition) is 3. The molecular formula is C14H9NO7. The molecule has 0 aliphatic heterocycles. The summed E-state index contributed by atoms with van der Waals surface area (Å²) < 4.78 is 5.31. The van der Waals surface area contributed by atoms with Crippen molar-refractivity contribution in [3.05, 3.63) is 53.3 Å². The van der Waals surface area contributed by atoms with E-state index in [0.717, 1.165) is 18.3 Å². The van der Waals surface area contributed by atoms with Crippen molar-refractivity contribution in [1.29, 1.82) is 0 Å². The van der Waals surface area contributed by atoms with E-state index < -0.39 is 23.5 Å². The van der Waals surface area contributed by atoms with Crippen molar-refractivity contribution in [2.75, 3.05) is 0 Å². The third-order valence-corrected chi connectivity index (χ3v) is 2.65. The molecule has 0 aliphatic rings. The molecule has 0 fully saturated rings. The fraction of sp³-hybridized carbons (Fsp3) is 0. The molecule has 0 spiro atoms. The van der Waals surface area contributed by atoms with E-state index >= 15 is 0 Å². The lowest BCUT2D eigenvalue weighted by Crippen LogP contribution is -2.08. The molecule has 0 saturated carbocycles. The van der Waals surface area contributed by atoms with Gasteiger partial charge in [0.1, 0.15) is 11.5 Å². The molecule has 0 atom stereocenters. The molecule has 1 aromatic heterocycles. The highest BCUT2D eigenvalue weighted by atomic mass is 16.5. The van der Waals surface area contributed by atoms with Gasteiger partial charge < -0.3 is 20.1 Å². The van der Waals surface area contributed by atoms with Crippen LogP contribution in [-0.2, 0) is 0 Å². The summed E-state index contributed by atoms with van der Waals surface area (Å²) in [7, 11) is 0. The minimum atomic E-state index is -1.42. The predicted molar refractivity (Wildman–Crippen MR) is 71.6 cm³/mol. The van der Waals surface area contributed by atoms with Gasteiger partial charge in [0, 0.05) is 6.20 Å². The summed E-state index contributed by atoms with van der Waals surface area (Å²) in [5.74, 6) is -3.85. The topological polar surface area (TPSA) is 134 Å². The zero-order valence-electron chi connectivity index (χ0n) is 10.9. The molecule has 8 heteroatoms. The monoisotopic (exact) mass is 303 g/mol. The van der Waals surface area contributed by atoms with Crippen LogP contribution in [0.3, 0.4) is 0 Å². The van der Waals surface area contributed by atoms with Crippen LogP contribution in [0.5, 0.6) is 11.5 Å². The second-order valence-corrected chi connectivity index (χ2v) is 4.13. The molecule has 2 aromatic rings. The molecule has 3 N–H and O–H groups in total. The highest BCUT2D eigenvalue weighted by molar-refractivity contribution is 6.02. The smallest absolute Gasteiger partial charge is 0.337 e. The Hall–Kier alpha value is -3.42. The van der Waals surface area contributed by atoms with Gasteiger partial charge in [0.05, 0.1) is 22.9 Å². The highest BCUT2D eigenvalue weighted by Crippen LogP contribution is 2.24. The van der Waals surface area contributed by atoms with Crippen LogP contribution in [0, 0.1) is 0 Å². The SMILES string of the molecule is O=C(O)c1cncc(Oc2ccc(C(=O)O)c(C(=O)O)c2)c1. The zero-order chi connectivity index (χ0) is 16.3. The maximum absolute atomic E-state index is 11.1. The van der Waals surface area contributed by atoms with E-state index in [-0.39, 0.29) is 22.6 Å². The summed E-state index contributed by atoms with van der Waals surface area (Å²) in [5.41, 5.74) is -0.914. The van der Waals surface area contributed by atoms with Crippen LogP contribution in [0.15, 0.2) is 36.7 Å². The maximum Gasteiger partial charge on any atom is 0.337 e. The van der Waals surface area contributed by atoms with E-state index in [1.807, 2.05) is 0 Å². The summed E-state index contributed by atoms with van der Waals surface area (Å²) in [5, 5.41) is 26.8. The fourth-order valence-corrected chi connectivity index (χ4v) is 1.68. The molecule has 1 aromatic carbocycles. The number of benzene rings is 1. The number of hydrogen-bond acceptors (Lipinski definition) is 5. The molecule has 112 valence electrons. The van der Waals surface area contributed by atoms with Crippen LogP contribution < -0.4 is 4.74 Å². The van der Waals surface area contributed by atoms with Gasteiger partial charge in [0.15, 0.2) is 0 Å². The number of aromatic nitrogens is 1. The molecule has 0 bridgehead atoms.